The smallest absolute Gasteiger partial charge is 0.231 e. The fourth-order valence-electron chi connectivity index (χ4n) is 2.50. The second-order valence-corrected chi connectivity index (χ2v) is 6.50. The molecule has 2 aromatic heterocycles. The Kier molecular flexibility index (Phi) is 4.21. The first-order valence-electron chi connectivity index (χ1n) is 7.18. The van der Waals surface area contributed by atoms with Crippen LogP contribution < -0.4 is 4.90 Å². The average molecular weight is 332 g/mol. The third-order valence-corrected chi connectivity index (χ3v) is 5.04. The lowest BCUT2D eigenvalue weighted by molar-refractivity contribution is -0.119. The van der Waals surface area contributed by atoms with Gasteiger partial charge >= 0.3 is 0 Å². The van der Waals surface area contributed by atoms with Gasteiger partial charge in [0.2, 0.25) is 5.91 Å². The first kappa shape index (κ1) is 15.7. The van der Waals surface area contributed by atoms with Crippen LogP contribution >= 0.6 is 11.8 Å². The van der Waals surface area contributed by atoms with Crippen LogP contribution in [0, 0.1) is 11.7 Å². The molecule has 1 aliphatic rings. The molecule has 0 aliphatic heterocycles. The van der Waals surface area contributed by atoms with Crippen LogP contribution in [0.4, 0.5) is 10.1 Å². The maximum Gasteiger partial charge on any atom is 0.231 e. The number of anilines is 1. The molecule has 0 radical (unpaired) electrons. The van der Waals surface area contributed by atoms with E-state index in [0.29, 0.717) is 22.3 Å². The minimum Gasteiger partial charge on any atom is -0.312 e. The number of pyridine rings is 1. The van der Waals surface area contributed by atoms with Gasteiger partial charge in [-0.2, -0.15) is 16.9 Å². The highest BCUT2D eigenvalue weighted by atomic mass is 32.2. The molecule has 0 spiro atoms. The SMILES string of the molecule is C=Cc1nn(-c2cncc(F)c2)cc1N(C)C(=O)C1CC1SC. The second kappa shape index (κ2) is 6.16. The molecule has 1 amide bonds. The molecule has 2 heterocycles. The van der Waals surface area contributed by atoms with Crippen molar-refractivity contribution in [1.29, 1.82) is 0 Å². The van der Waals surface area contributed by atoms with Crippen molar-refractivity contribution in [3.8, 4) is 5.69 Å². The van der Waals surface area contributed by atoms with Gasteiger partial charge in [0.1, 0.15) is 11.5 Å². The molecular formula is C16H17FN4OS. The van der Waals surface area contributed by atoms with E-state index in [1.54, 1.807) is 36.0 Å². The van der Waals surface area contributed by atoms with Gasteiger partial charge < -0.3 is 4.90 Å². The number of carbonyl (C=O) groups excluding carboxylic acids is 1. The fourth-order valence-corrected chi connectivity index (χ4v) is 3.34. The predicted octanol–water partition coefficient (Wildman–Crippen LogP) is 2.76. The lowest BCUT2D eigenvalue weighted by Crippen LogP contribution is -2.28. The lowest BCUT2D eigenvalue weighted by Gasteiger charge is -2.16. The Hall–Kier alpha value is -2.15. The molecule has 1 fully saturated rings. The van der Waals surface area contributed by atoms with E-state index in [4.69, 9.17) is 0 Å². The van der Waals surface area contributed by atoms with Gasteiger partial charge in [-0.25, -0.2) is 9.07 Å². The number of amides is 1. The van der Waals surface area contributed by atoms with Crippen LogP contribution in [0.1, 0.15) is 12.1 Å². The highest BCUT2D eigenvalue weighted by Gasteiger charge is 2.44. The van der Waals surface area contributed by atoms with Crippen LogP contribution in [0.5, 0.6) is 0 Å². The maximum atomic E-state index is 13.3. The van der Waals surface area contributed by atoms with Crippen molar-refractivity contribution in [2.75, 3.05) is 18.2 Å². The monoisotopic (exact) mass is 332 g/mol. The van der Waals surface area contributed by atoms with Crippen molar-refractivity contribution in [2.45, 2.75) is 11.7 Å². The molecule has 5 nitrogen and oxygen atoms in total. The molecule has 2 aromatic rings. The molecule has 2 atom stereocenters. The Morgan fingerprint density at radius 2 is 2.35 bits per heavy atom. The second-order valence-electron chi connectivity index (χ2n) is 5.42. The summed E-state index contributed by atoms with van der Waals surface area (Å²) in [5, 5.41) is 4.76. The largest absolute Gasteiger partial charge is 0.312 e. The van der Waals surface area contributed by atoms with Gasteiger partial charge in [-0.05, 0) is 18.8 Å². The quantitative estimate of drug-likeness (QED) is 0.845. The number of thioether (sulfide) groups is 1. The molecule has 0 saturated heterocycles. The molecule has 23 heavy (non-hydrogen) atoms. The number of carbonyl (C=O) groups is 1. The predicted molar refractivity (Wildman–Crippen MR) is 90.2 cm³/mol. The normalized spacial score (nSPS) is 19.4. The zero-order valence-electron chi connectivity index (χ0n) is 12.9. The summed E-state index contributed by atoms with van der Waals surface area (Å²) in [6, 6.07) is 1.34. The summed E-state index contributed by atoms with van der Waals surface area (Å²) in [6.45, 7) is 3.74. The molecule has 0 aromatic carbocycles. The Morgan fingerprint density at radius 1 is 1.57 bits per heavy atom. The highest BCUT2D eigenvalue weighted by Crippen LogP contribution is 2.42. The summed E-state index contributed by atoms with van der Waals surface area (Å²) < 4.78 is 14.8. The molecule has 120 valence electrons. The van der Waals surface area contributed by atoms with E-state index in [1.165, 1.54) is 16.9 Å². The van der Waals surface area contributed by atoms with E-state index in [2.05, 4.69) is 16.7 Å². The van der Waals surface area contributed by atoms with E-state index in [1.807, 2.05) is 6.26 Å². The fraction of sp³-hybridized carbons (Fsp3) is 0.312. The van der Waals surface area contributed by atoms with E-state index in [-0.39, 0.29) is 11.8 Å². The van der Waals surface area contributed by atoms with Gasteiger partial charge in [-0.1, -0.05) is 6.58 Å². The molecule has 7 heteroatoms. The Bertz CT molecular complexity index is 760. The molecular weight excluding hydrogens is 315 g/mol. The van der Waals surface area contributed by atoms with Crippen molar-refractivity contribution in [3.63, 3.8) is 0 Å². The summed E-state index contributed by atoms with van der Waals surface area (Å²) in [5.41, 5.74) is 1.72. The summed E-state index contributed by atoms with van der Waals surface area (Å²) in [4.78, 5) is 17.9. The van der Waals surface area contributed by atoms with Gasteiger partial charge in [0.05, 0.1) is 35.9 Å². The van der Waals surface area contributed by atoms with E-state index < -0.39 is 5.82 Å². The zero-order chi connectivity index (χ0) is 16.6. The standard InChI is InChI=1S/C16H17FN4OS/c1-4-13-14(20(2)16(22)12-6-15(12)23-3)9-21(19-13)11-5-10(17)7-18-8-11/h4-5,7-9,12,15H,1,6H2,2-3H3. The third-order valence-electron chi connectivity index (χ3n) is 3.91. The zero-order valence-corrected chi connectivity index (χ0v) is 13.8. The third kappa shape index (κ3) is 3.01. The minimum absolute atomic E-state index is 0.0619. The van der Waals surface area contributed by atoms with Crippen molar-refractivity contribution >= 4 is 29.4 Å². The van der Waals surface area contributed by atoms with Crippen molar-refractivity contribution in [1.82, 2.24) is 14.8 Å². The van der Waals surface area contributed by atoms with Crippen LogP contribution in [-0.2, 0) is 4.79 Å². The lowest BCUT2D eigenvalue weighted by atomic mass is 10.3. The molecule has 1 saturated carbocycles. The maximum absolute atomic E-state index is 13.3. The van der Waals surface area contributed by atoms with Gasteiger partial charge in [-0.3, -0.25) is 9.78 Å². The topological polar surface area (TPSA) is 51.0 Å². The van der Waals surface area contributed by atoms with Crippen LogP contribution in [0.3, 0.4) is 0 Å². The summed E-state index contributed by atoms with van der Waals surface area (Å²) in [7, 11) is 1.73. The molecule has 3 rings (SSSR count). The molecule has 0 bridgehead atoms. The summed E-state index contributed by atoms with van der Waals surface area (Å²) in [5.74, 6) is -0.304. The highest BCUT2D eigenvalue weighted by molar-refractivity contribution is 7.99. The van der Waals surface area contributed by atoms with E-state index in [9.17, 15) is 9.18 Å². The molecule has 0 N–H and O–H groups in total. The Balaban J connectivity index is 1.90. The van der Waals surface area contributed by atoms with Gasteiger partial charge in [0, 0.05) is 18.4 Å². The van der Waals surface area contributed by atoms with Crippen LogP contribution in [-0.4, -0.2) is 39.2 Å². The van der Waals surface area contributed by atoms with Crippen molar-refractivity contribution in [2.24, 2.45) is 5.92 Å². The summed E-state index contributed by atoms with van der Waals surface area (Å²) in [6.07, 6.45) is 8.85. The van der Waals surface area contributed by atoms with Gasteiger partial charge in [0.15, 0.2) is 0 Å². The molecule has 1 aliphatic carbocycles. The van der Waals surface area contributed by atoms with E-state index in [0.717, 1.165) is 12.6 Å². The Morgan fingerprint density at radius 3 is 2.96 bits per heavy atom. The summed E-state index contributed by atoms with van der Waals surface area (Å²) >= 11 is 1.71. The van der Waals surface area contributed by atoms with Crippen LogP contribution in [0.2, 0.25) is 0 Å². The van der Waals surface area contributed by atoms with Crippen LogP contribution in [0.15, 0.2) is 31.2 Å². The number of aromatic nitrogens is 3. The first-order chi connectivity index (χ1) is 11.0. The average Bonchev–Trinajstić information content (AvgIpc) is 3.22. The van der Waals surface area contributed by atoms with Gasteiger partial charge in [-0.15, -0.1) is 0 Å². The number of hydrogen-bond acceptors (Lipinski definition) is 4. The van der Waals surface area contributed by atoms with Crippen LogP contribution in [0.25, 0.3) is 11.8 Å². The number of hydrogen-bond donors (Lipinski definition) is 0. The molecule has 2 unspecified atom stereocenters. The van der Waals surface area contributed by atoms with E-state index >= 15 is 0 Å². The minimum atomic E-state index is -0.440. The van der Waals surface area contributed by atoms with Gasteiger partial charge in [0.25, 0.3) is 0 Å². The number of nitrogens with zero attached hydrogens (tertiary/aromatic N) is 4. The van der Waals surface area contributed by atoms with Crippen molar-refractivity contribution < 1.29 is 9.18 Å². The van der Waals surface area contributed by atoms with Crippen molar-refractivity contribution in [3.05, 3.63) is 42.7 Å². The Labute approximate surface area is 138 Å². The first-order valence-corrected chi connectivity index (χ1v) is 8.47. The number of halogens is 1. The number of rotatable bonds is 5.